The van der Waals surface area contributed by atoms with Crippen LogP contribution in [0.4, 0.5) is 0 Å². The van der Waals surface area contributed by atoms with E-state index in [0.717, 1.165) is 24.8 Å². The molecule has 0 saturated carbocycles. The molecule has 11 heavy (non-hydrogen) atoms. The van der Waals surface area contributed by atoms with E-state index in [9.17, 15) is 4.79 Å². The first-order valence-corrected chi connectivity index (χ1v) is 4.27. The first-order valence-electron chi connectivity index (χ1n) is 4.27. The number of allylic oxidation sites excluding steroid dienone is 1. The van der Waals surface area contributed by atoms with Gasteiger partial charge >= 0.3 is 0 Å². The van der Waals surface area contributed by atoms with Gasteiger partial charge in [0, 0.05) is 0 Å². The zero-order valence-corrected chi connectivity index (χ0v) is 6.81. The lowest BCUT2D eigenvalue weighted by molar-refractivity contribution is -0.114. The Kier molecular flexibility index (Phi) is 3.30. The SMILES string of the molecule is NCC(=O)C1=CCCCCC1. The minimum Gasteiger partial charge on any atom is -0.324 e. The maximum Gasteiger partial charge on any atom is 0.172 e. The smallest absolute Gasteiger partial charge is 0.172 e. The second-order valence-electron chi connectivity index (χ2n) is 2.96. The molecule has 0 aliphatic heterocycles. The summed E-state index contributed by atoms with van der Waals surface area (Å²) in [7, 11) is 0. The molecule has 0 aromatic heterocycles. The third-order valence-electron chi connectivity index (χ3n) is 2.08. The van der Waals surface area contributed by atoms with Crippen LogP contribution in [0.25, 0.3) is 0 Å². The zero-order chi connectivity index (χ0) is 8.10. The van der Waals surface area contributed by atoms with Crippen molar-refractivity contribution in [1.82, 2.24) is 0 Å². The van der Waals surface area contributed by atoms with Crippen LogP contribution in [0, 0.1) is 0 Å². The summed E-state index contributed by atoms with van der Waals surface area (Å²) >= 11 is 0. The molecule has 0 aromatic carbocycles. The quantitative estimate of drug-likeness (QED) is 0.651. The largest absolute Gasteiger partial charge is 0.324 e. The maximum absolute atomic E-state index is 11.1. The Morgan fingerprint density at radius 3 is 3.00 bits per heavy atom. The van der Waals surface area contributed by atoms with Crippen LogP contribution in [0.1, 0.15) is 32.1 Å². The second-order valence-corrected chi connectivity index (χ2v) is 2.96. The van der Waals surface area contributed by atoms with E-state index in [1.165, 1.54) is 12.8 Å². The van der Waals surface area contributed by atoms with Crippen LogP contribution in [0.15, 0.2) is 11.6 Å². The molecule has 0 bridgehead atoms. The molecule has 1 aliphatic carbocycles. The molecule has 0 amide bonds. The fourth-order valence-corrected chi connectivity index (χ4v) is 1.40. The first kappa shape index (κ1) is 8.47. The van der Waals surface area contributed by atoms with Crippen molar-refractivity contribution >= 4 is 5.78 Å². The van der Waals surface area contributed by atoms with Gasteiger partial charge in [-0.15, -0.1) is 0 Å². The lowest BCUT2D eigenvalue weighted by atomic mass is 10.1. The van der Waals surface area contributed by atoms with Crippen molar-refractivity contribution in [2.24, 2.45) is 5.73 Å². The van der Waals surface area contributed by atoms with E-state index in [4.69, 9.17) is 5.73 Å². The predicted octanol–water partition coefficient (Wildman–Crippen LogP) is 1.40. The van der Waals surface area contributed by atoms with Crippen molar-refractivity contribution < 1.29 is 4.79 Å². The van der Waals surface area contributed by atoms with Gasteiger partial charge in [-0.3, -0.25) is 4.79 Å². The lowest BCUT2D eigenvalue weighted by Crippen LogP contribution is -2.15. The second kappa shape index (κ2) is 4.29. The topological polar surface area (TPSA) is 43.1 Å². The van der Waals surface area contributed by atoms with E-state index in [1.54, 1.807) is 0 Å². The molecule has 62 valence electrons. The fourth-order valence-electron chi connectivity index (χ4n) is 1.40. The Morgan fingerprint density at radius 1 is 1.45 bits per heavy atom. The Hall–Kier alpha value is -0.630. The normalized spacial score (nSPS) is 18.8. The lowest BCUT2D eigenvalue weighted by Gasteiger charge is -1.99. The van der Waals surface area contributed by atoms with Gasteiger partial charge in [0.15, 0.2) is 5.78 Å². The van der Waals surface area contributed by atoms with Gasteiger partial charge in [-0.05, 0) is 31.3 Å². The molecule has 0 spiro atoms. The van der Waals surface area contributed by atoms with Gasteiger partial charge in [0.2, 0.25) is 0 Å². The van der Waals surface area contributed by atoms with E-state index >= 15 is 0 Å². The molecular formula is C9H15NO. The van der Waals surface area contributed by atoms with Crippen molar-refractivity contribution in [2.75, 3.05) is 6.54 Å². The minimum atomic E-state index is 0.131. The van der Waals surface area contributed by atoms with Gasteiger partial charge in [0.1, 0.15) is 0 Å². The third kappa shape index (κ3) is 2.46. The minimum absolute atomic E-state index is 0.131. The number of rotatable bonds is 2. The van der Waals surface area contributed by atoms with Crippen molar-refractivity contribution in [1.29, 1.82) is 0 Å². The Bertz CT molecular complexity index is 172. The van der Waals surface area contributed by atoms with E-state index in [2.05, 4.69) is 6.08 Å². The number of hydrogen-bond donors (Lipinski definition) is 1. The zero-order valence-electron chi connectivity index (χ0n) is 6.81. The van der Waals surface area contributed by atoms with Crippen molar-refractivity contribution in [3.8, 4) is 0 Å². The summed E-state index contributed by atoms with van der Waals surface area (Å²) in [5, 5.41) is 0. The number of nitrogens with two attached hydrogens (primary N) is 1. The predicted molar refractivity (Wildman–Crippen MR) is 45.2 cm³/mol. The van der Waals surface area contributed by atoms with Crippen LogP contribution in [0.2, 0.25) is 0 Å². The Morgan fingerprint density at radius 2 is 2.27 bits per heavy atom. The highest BCUT2D eigenvalue weighted by Gasteiger charge is 2.08. The number of hydrogen-bond acceptors (Lipinski definition) is 2. The van der Waals surface area contributed by atoms with Crippen LogP contribution in [0.5, 0.6) is 0 Å². The van der Waals surface area contributed by atoms with Gasteiger partial charge in [-0.25, -0.2) is 0 Å². The molecule has 0 aromatic rings. The van der Waals surface area contributed by atoms with Crippen molar-refractivity contribution in [3.05, 3.63) is 11.6 Å². The molecule has 0 unspecified atom stereocenters. The molecule has 0 radical (unpaired) electrons. The number of carbonyl (C=O) groups excluding carboxylic acids is 1. The van der Waals surface area contributed by atoms with E-state index in [0.29, 0.717) is 0 Å². The van der Waals surface area contributed by atoms with Gasteiger partial charge in [-0.2, -0.15) is 0 Å². The molecule has 0 fully saturated rings. The molecule has 0 atom stereocenters. The molecule has 1 rings (SSSR count). The number of ketones is 1. The summed E-state index contributed by atoms with van der Waals surface area (Å²) in [6.45, 7) is 0.172. The standard InChI is InChI=1S/C9H15NO/c10-7-9(11)8-5-3-1-2-4-6-8/h5H,1-4,6-7,10H2. The van der Waals surface area contributed by atoms with Crippen molar-refractivity contribution in [2.45, 2.75) is 32.1 Å². The first-order chi connectivity index (χ1) is 5.34. The highest BCUT2D eigenvalue weighted by atomic mass is 16.1. The highest BCUT2D eigenvalue weighted by Crippen LogP contribution is 2.17. The molecule has 2 N–H and O–H groups in total. The van der Waals surface area contributed by atoms with Crippen LogP contribution in [-0.2, 0) is 4.79 Å². The molecule has 2 heteroatoms. The summed E-state index contributed by atoms with van der Waals surface area (Å²) in [5.74, 6) is 0.131. The van der Waals surface area contributed by atoms with Crippen LogP contribution in [-0.4, -0.2) is 12.3 Å². The maximum atomic E-state index is 11.1. The van der Waals surface area contributed by atoms with Crippen LogP contribution in [0.3, 0.4) is 0 Å². The average molecular weight is 153 g/mol. The van der Waals surface area contributed by atoms with Gasteiger partial charge in [0.05, 0.1) is 6.54 Å². The van der Waals surface area contributed by atoms with Gasteiger partial charge in [0.25, 0.3) is 0 Å². The Labute approximate surface area is 67.5 Å². The highest BCUT2D eigenvalue weighted by molar-refractivity contribution is 5.96. The fraction of sp³-hybridized carbons (Fsp3) is 0.667. The summed E-state index contributed by atoms with van der Waals surface area (Å²) in [6.07, 6.45) is 7.68. The Balaban J connectivity index is 2.53. The van der Waals surface area contributed by atoms with Crippen LogP contribution < -0.4 is 5.73 Å². The summed E-state index contributed by atoms with van der Waals surface area (Å²) in [5.41, 5.74) is 6.23. The monoisotopic (exact) mass is 153 g/mol. The van der Waals surface area contributed by atoms with E-state index < -0.39 is 0 Å². The molecule has 0 heterocycles. The molecule has 2 nitrogen and oxygen atoms in total. The number of Topliss-reactive ketones (excluding diaryl/α,β-unsaturated/α-hetero) is 1. The molecular weight excluding hydrogens is 138 g/mol. The van der Waals surface area contributed by atoms with E-state index in [1.807, 2.05) is 0 Å². The van der Waals surface area contributed by atoms with Crippen LogP contribution >= 0.6 is 0 Å². The average Bonchev–Trinajstić information content (AvgIpc) is 2.30. The summed E-state index contributed by atoms with van der Waals surface area (Å²) < 4.78 is 0. The third-order valence-corrected chi connectivity index (χ3v) is 2.08. The van der Waals surface area contributed by atoms with Gasteiger partial charge < -0.3 is 5.73 Å². The number of carbonyl (C=O) groups is 1. The van der Waals surface area contributed by atoms with Gasteiger partial charge in [-0.1, -0.05) is 12.5 Å². The molecule has 0 saturated heterocycles. The van der Waals surface area contributed by atoms with Crippen molar-refractivity contribution in [3.63, 3.8) is 0 Å². The summed E-state index contributed by atoms with van der Waals surface area (Å²) in [6, 6.07) is 0. The summed E-state index contributed by atoms with van der Waals surface area (Å²) in [4.78, 5) is 11.1. The van der Waals surface area contributed by atoms with E-state index in [-0.39, 0.29) is 12.3 Å². The molecule has 1 aliphatic rings.